The minimum absolute atomic E-state index is 0.0116. The molecule has 0 saturated carbocycles. The zero-order valence-electron chi connectivity index (χ0n) is 4.84. The Balaban J connectivity index is 2.95. The molecule has 0 aromatic carbocycles. The first-order valence-corrected chi connectivity index (χ1v) is 2.20. The van der Waals surface area contributed by atoms with Gasteiger partial charge in [-0.05, 0) is 20.9 Å². The Labute approximate surface area is 43.4 Å². The number of rotatable bonds is 2. The normalized spacial score (nSPS) is 11.1. The average molecular weight is 104 g/mol. The summed E-state index contributed by atoms with van der Waals surface area (Å²) in [6.45, 7) is 3.60. The van der Waals surface area contributed by atoms with Gasteiger partial charge in [-0.3, -0.25) is 5.23 Å². The molecule has 0 rings (SSSR count). The molecular weight excluding hydrogens is 94.0 g/mol. The van der Waals surface area contributed by atoms with E-state index in [2.05, 4.69) is 4.84 Å². The van der Waals surface area contributed by atoms with Crippen molar-refractivity contribution in [2.45, 2.75) is 20.0 Å². The highest BCUT2D eigenvalue weighted by atomic mass is 16.9. The average Bonchev–Trinajstić information content (AvgIpc) is 1.27. The molecule has 0 radical (unpaired) electrons. The second kappa shape index (κ2) is 2.96. The zero-order valence-corrected chi connectivity index (χ0v) is 4.84. The highest BCUT2D eigenvalue weighted by Crippen LogP contribution is 1.88. The van der Waals surface area contributed by atoms with Crippen LogP contribution in [0.2, 0.25) is 0 Å². The van der Waals surface area contributed by atoms with Crippen LogP contribution in [0.5, 0.6) is 0 Å². The van der Waals surface area contributed by atoms with Crippen LogP contribution in [0.15, 0.2) is 0 Å². The van der Waals surface area contributed by atoms with Crippen LogP contribution in [-0.2, 0) is 4.84 Å². The van der Waals surface area contributed by atoms with Crippen LogP contribution in [-0.4, -0.2) is 18.4 Å². The van der Waals surface area contributed by atoms with Gasteiger partial charge in [-0.2, -0.15) is 0 Å². The van der Waals surface area contributed by atoms with E-state index in [0.29, 0.717) is 5.23 Å². The molecule has 0 saturated heterocycles. The van der Waals surface area contributed by atoms with Crippen LogP contribution in [0.25, 0.3) is 0 Å². The Morgan fingerprint density at radius 3 is 2.00 bits per heavy atom. The molecule has 0 atom stereocenters. The predicted molar refractivity (Wildman–Crippen MR) is 27.4 cm³/mol. The molecule has 0 fully saturated rings. The maximum Gasteiger partial charge on any atom is 0.0725 e. The van der Waals surface area contributed by atoms with Gasteiger partial charge in [-0.25, -0.2) is 0 Å². The maximum absolute atomic E-state index is 9.95. The Bertz CT molecular complexity index is 39.0. The van der Waals surface area contributed by atoms with E-state index < -0.39 is 0 Å². The maximum atomic E-state index is 9.95. The van der Waals surface area contributed by atoms with Crippen molar-refractivity contribution in [2.75, 3.05) is 7.05 Å². The predicted octanol–water partition coefficient (Wildman–Crippen LogP) is 0.756. The van der Waals surface area contributed by atoms with Gasteiger partial charge < -0.3 is 10.0 Å². The van der Waals surface area contributed by atoms with Crippen molar-refractivity contribution >= 4 is 0 Å². The lowest BCUT2D eigenvalue weighted by Gasteiger charge is -2.23. The van der Waals surface area contributed by atoms with E-state index in [1.165, 1.54) is 7.05 Å². The molecule has 0 heterocycles. The fourth-order valence-corrected chi connectivity index (χ4v) is 0.297. The van der Waals surface area contributed by atoms with Gasteiger partial charge in [0.1, 0.15) is 0 Å². The summed E-state index contributed by atoms with van der Waals surface area (Å²) >= 11 is 0. The molecule has 0 bridgehead atoms. The second-order valence-electron chi connectivity index (χ2n) is 1.59. The lowest BCUT2D eigenvalue weighted by Crippen LogP contribution is -2.15. The molecule has 0 aliphatic heterocycles. The first-order valence-electron chi connectivity index (χ1n) is 2.20. The van der Waals surface area contributed by atoms with Gasteiger partial charge in [0.05, 0.1) is 6.10 Å². The van der Waals surface area contributed by atoms with Crippen LogP contribution in [0.1, 0.15) is 13.8 Å². The summed E-state index contributed by atoms with van der Waals surface area (Å²) in [4.78, 5) is 4.53. The van der Waals surface area contributed by atoms with E-state index in [1.807, 2.05) is 0 Å². The van der Waals surface area contributed by atoms with Crippen LogP contribution < -0.4 is 0 Å². The highest BCUT2D eigenvalue weighted by molar-refractivity contribution is 4.33. The molecule has 0 aromatic rings. The fourth-order valence-electron chi connectivity index (χ4n) is 0.297. The van der Waals surface area contributed by atoms with Gasteiger partial charge in [0.25, 0.3) is 0 Å². The Kier molecular flexibility index (Phi) is 2.91. The van der Waals surface area contributed by atoms with Crippen molar-refractivity contribution in [1.82, 2.24) is 5.23 Å². The van der Waals surface area contributed by atoms with Crippen LogP contribution >= 0.6 is 0 Å². The number of hydroxylamine groups is 2. The van der Waals surface area contributed by atoms with Crippen LogP contribution in [0.4, 0.5) is 0 Å². The molecule has 0 unspecified atom stereocenters. The summed E-state index contributed by atoms with van der Waals surface area (Å²) in [6.07, 6.45) is -0.0116. The molecule has 0 N–H and O–H groups in total. The molecule has 44 valence electrons. The molecule has 0 aliphatic rings. The standard InChI is InChI=1S/C4H10NO2/c1-4(2)7-5(3)6/h4H,1-3H3/q-1. The van der Waals surface area contributed by atoms with E-state index >= 15 is 0 Å². The van der Waals surface area contributed by atoms with E-state index in [0.717, 1.165) is 0 Å². The van der Waals surface area contributed by atoms with Crippen LogP contribution in [0, 0.1) is 5.21 Å². The molecule has 7 heavy (non-hydrogen) atoms. The summed E-state index contributed by atoms with van der Waals surface area (Å²) in [6, 6.07) is 0. The quantitative estimate of drug-likeness (QED) is 0.485. The van der Waals surface area contributed by atoms with Crippen molar-refractivity contribution in [3.05, 3.63) is 5.21 Å². The summed E-state index contributed by atoms with van der Waals surface area (Å²) in [7, 11) is 1.32. The largest absolute Gasteiger partial charge is 0.762 e. The van der Waals surface area contributed by atoms with Crippen molar-refractivity contribution in [3.63, 3.8) is 0 Å². The van der Waals surface area contributed by atoms with Gasteiger partial charge in [-0.1, -0.05) is 0 Å². The summed E-state index contributed by atoms with van der Waals surface area (Å²) < 4.78 is 0. The zero-order chi connectivity index (χ0) is 5.86. The third kappa shape index (κ3) is 5.88. The van der Waals surface area contributed by atoms with Crippen molar-refractivity contribution < 1.29 is 4.84 Å². The molecule has 3 nitrogen and oxygen atoms in total. The van der Waals surface area contributed by atoms with Gasteiger partial charge in [-0.15, -0.1) is 0 Å². The summed E-state index contributed by atoms with van der Waals surface area (Å²) in [5.41, 5.74) is 0. The lowest BCUT2D eigenvalue weighted by molar-refractivity contribution is -0.134. The third-order valence-corrected chi connectivity index (χ3v) is 0.359. The number of hydrogen-bond donors (Lipinski definition) is 0. The first-order chi connectivity index (χ1) is 3.13. The summed E-state index contributed by atoms with van der Waals surface area (Å²) in [5, 5.41) is 10.4. The molecule has 0 aliphatic carbocycles. The molecule has 0 aromatic heterocycles. The minimum atomic E-state index is -0.0116. The summed E-state index contributed by atoms with van der Waals surface area (Å²) in [5.74, 6) is 0. The number of hydrogen-bond acceptors (Lipinski definition) is 3. The monoisotopic (exact) mass is 104 g/mol. The SMILES string of the molecule is CC(C)ON(C)[O-]. The molecular formula is C4H10NO2-. The van der Waals surface area contributed by atoms with Crippen molar-refractivity contribution in [1.29, 1.82) is 0 Å². The molecule has 0 amide bonds. The number of nitrogens with zero attached hydrogens (tertiary/aromatic N) is 1. The van der Waals surface area contributed by atoms with Gasteiger partial charge >= 0.3 is 0 Å². The minimum Gasteiger partial charge on any atom is -0.762 e. The van der Waals surface area contributed by atoms with E-state index in [4.69, 9.17) is 0 Å². The lowest BCUT2D eigenvalue weighted by atomic mass is 10.5. The Morgan fingerprint density at radius 1 is 1.57 bits per heavy atom. The fraction of sp³-hybridized carbons (Fsp3) is 1.00. The van der Waals surface area contributed by atoms with Crippen molar-refractivity contribution in [3.8, 4) is 0 Å². The van der Waals surface area contributed by atoms with E-state index in [-0.39, 0.29) is 6.10 Å². The van der Waals surface area contributed by atoms with Crippen LogP contribution in [0.3, 0.4) is 0 Å². The van der Waals surface area contributed by atoms with E-state index in [1.54, 1.807) is 13.8 Å². The van der Waals surface area contributed by atoms with E-state index in [9.17, 15) is 5.21 Å². The molecule has 0 spiro atoms. The smallest absolute Gasteiger partial charge is 0.0725 e. The third-order valence-electron chi connectivity index (χ3n) is 0.359. The molecule has 3 heteroatoms. The van der Waals surface area contributed by atoms with Gasteiger partial charge in [0, 0.05) is 0 Å². The second-order valence-corrected chi connectivity index (χ2v) is 1.59. The Morgan fingerprint density at radius 2 is 2.00 bits per heavy atom. The van der Waals surface area contributed by atoms with Crippen molar-refractivity contribution in [2.24, 2.45) is 0 Å². The Hall–Kier alpha value is -0.120. The van der Waals surface area contributed by atoms with Gasteiger partial charge in [0.2, 0.25) is 0 Å². The first kappa shape index (κ1) is 6.88. The van der Waals surface area contributed by atoms with Gasteiger partial charge in [0.15, 0.2) is 0 Å². The topological polar surface area (TPSA) is 35.5 Å². The highest BCUT2D eigenvalue weighted by Gasteiger charge is 1.87.